The average Bonchev–Trinajstić information content (AvgIpc) is 2.24. The van der Waals surface area contributed by atoms with E-state index >= 15 is 0 Å². The molecule has 100 valence electrons. The van der Waals surface area contributed by atoms with Gasteiger partial charge in [0, 0.05) is 17.1 Å². The van der Waals surface area contributed by atoms with Crippen molar-refractivity contribution in [2.45, 2.75) is 52.6 Å². The molecule has 0 aromatic heterocycles. The van der Waals surface area contributed by atoms with Crippen LogP contribution in [0.4, 0.5) is 0 Å². The Kier molecular flexibility index (Phi) is 4.50. The number of nitrogens with one attached hydrogen (secondary N) is 1. The Bertz CT molecular complexity index is 400. The Balaban J connectivity index is 1.90. The number of hydrogen-bond donors (Lipinski definition) is 1. The van der Waals surface area contributed by atoms with Gasteiger partial charge in [-0.1, -0.05) is 48.8 Å². The van der Waals surface area contributed by atoms with Crippen molar-refractivity contribution < 1.29 is 0 Å². The predicted molar refractivity (Wildman–Crippen MR) is 81.6 cm³/mol. The van der Waals surface area contributed by atoms with Gasteiger partial charge in [0.2, 0.25) is 0 Å². The first kappa shape index (κ1) is 14.1. The third-order valence-corrected chi connectivity index (χ3v) is 4.36. The summed E-state index contributed by atoms with van der Waals surface area (Å²) in [5.74, 6) is 0.841. The largest absolute Gasteiger partial charge is 0.310 e. The van der Waals surface area contributed by atoms with Gasteiger partial charge in [-0.05, 0) is 48.3 Å². The lowest BCUT2D eigenvalue weighted by atomic mass is 9.70. The van der Waals surface area contributed by atoms with Crippen molar-refractivity contribution in [3.8, 4) is 0 Å². The van der Waals surface area contributed by atoms with E-state index in [1.807, 2.05) is 0 Å². The summed E-state index contributed by atoms with van der Waals surface area (Å²) in [6.07, 6.45) is 3.98. The van der Waals surface area contributed by atoms with Gasteiger partial charge in [-0.2, -0.15) is 0 Å². The second-order valence-electron chi connectivity index (χ2n) is 6.62. The van der Waals surface area contributed by atoms with E-state index in [1.165, 1.54) is 29.3 Å². The molecule has 2 heteroatoms. The minimum absolute atomic E-state index is 0.493. The summed E-state index contributed by atoms with van der Waals surface area (Å²) in [5, 5.41) is 3.73. The lowest BCUT2D eigenvalue weighted by molar-refractivity contribution is 0.151. The summed E-state index contributed by atoms with van der Waals surface area (Å²) in [6.45, 7) is 8.16. The standard InChI is InChI=1S/C16H24BrN/c1-12-7-15(10-16(2,3)9-12)18-11-13-5-4-6-14(17)8-13/h4-6,8,12,15,18H,7,9-11H2,1-3H3. The van der Waals surface area contributed by atoms with Crippen molar-refractivity contribution in [2.24, 2.45) is 11.3 Å². The molecule has 0 amide bonds. The molecule has 1 aromatic rings. The number of hydrogen-bond acceptors (Lipinski definition) is 1. The highest BCUT2D eigenvalue weighted by Gasteiger charge is 2.31. The van der Waals surface area contributed by atoms with Gasteiger partial charge in [0.15, 0.2) is 0 Å². The molecule has 18 heavy (non-hydrogen) atoms. The molecule has 1 aromatic carbocycles. The molecule has 2 unspecified atom stereocenters. The first-order valence-corrected chi connectivity index (χ1v) is 7.72. The fraction of sp³-hybridized carbons (Fsp3) is 0.625. The van der Waals surface area contributed by atoms with Gasteiger partial charge in [-0.15, -0.1) is 0 Å². The van der Waals surface area contributed by atoms with Gasteiger partial charge in [0.25, 0.3) is 0 Å². The zero-order chi connectivity index (χ0) is 13.2. The molecule has 0 bridgehead atoms. The minimum atomic E-state index is 0.493. The maximum atomic E-state index is 3.73. The van der Waals surface area contributed by atoms with E-state index in [4.69, 9.17) is 0 Å². The fourth-order valence-corrected chi connectivity index (χ4v) is 3.86. The van der Waals surface area contributed by atoms with Crippen molar-refractivity contribution in [3.63, 3.8) is 0 Å². The second kappa shape index (κ2) is 5.75. The van der Waals surface area contributed by atoms with Crippen LogP contribution in [0, 0.1) is 11.3 Å². The van der Waals surface area contributed by atoms with E-state index in [-0.39, 0.29) is 0 Å². The molecule has 1 saturated carbocycles. The SMILES string of the molecule is CC1CC(NCc2cccc(Br)c2)CC(C)(C)C1. The van der Waals surface area contributed by atoms with Crippen molar-refractivity contribution in [1.82, 2.24) is 5.32 Å². The van der Waals surface area contributed by atoms with Gasteiger partial charge in [-0.3, -0.25) is 0 Å². The molecule has 0 saturated heterocycles. The van der Waals surface area contributed by atoms with Crippen LogP contribution in [0.5, 0.6) is 0 Å². The molecule has 2 atom stereocenters. The molecular weight excluding hydrogens is 286 g/mol. The Morgan fingerprint density at radius 1 is 1.33 bits per heavy atom. The van der Waals surface area contributed by atoms with Crippen LogP contribution in [0.25, 0.3) is 0 Å². The van der Waals surface area contributed by atoms with E-state index in [2.05, 4.69) is 66.3 Å². The van der Waals surface area contributed by atoms with Crippen molar-refractivity contribution in [1.29, 1.82) is 0 Å². The summed E-state index contributed by atoms with van der Waals surface area (Å²) in [7, 11) is 0. The van der Waals surface area contributed by atoms with Crippen LogP contribution in [-0.2, 0) is 6.54 Å². The first-order valence-electron chi connectivity index (χ1n) is 6.92. The highest BCUT2D eigenvalue weighted by atomic mass is 79.9. The zero-order valence-corrected chi connectivity index (χ0v) is 13.3. The minimum Gasteiger partial charge on any atom is -0.310 e. The van der Waals surface area contributed by atoms with E-state index in [0.29, 0.717) is 11.5 Å². The molecule has 1 fully saturated rings. The van der Waals surface area contributed by atoms with Crippen LogP contribution in [-0.4, -0.2) is 6.04 Å². The maximum absolute atomic E-state index is 3.73. The molecular formula is C16H24BrN. The third-order valence-electron chi connectivity index (χ3n) is 3.87. The topological polar surface area (TPSA) is 12.0 Å². The fourth-order valence-electron chi connectivity index (χ4n) is 3.41. The molecule has 1 aliphatic carbocycles. The van der Waals surface area contributed by atoms with Gasteiger partial charge in [0.05, 0.1) is 0 Å². The number of benzene rings is 1. The smallest absolute Gasteiger partial charge is 0.0208 e. The maximum Gasteiger partial charge on any atom is 0.0208 e. The third kappa shape index (κ3) is 4.10. The molecule has 2 rings (SSSR count). The first-order chi connectivity index (χ1) is 8.44. The summed E-state index contributed by atoms with van der Waals surface area (Å²) < 4.78 is 1.17. The summed E-state index contributed by atoms with van der Waals surface area (Å²) in [6, 6.07) is 9.24. The van der Waals surface area contributed by atoms with E-state index in [9.17, 15) is 0 Å². The molecule has 1 N–H and O–H groups in total. The van der Waals surface area contributed by atoms with Crippen LogP contribution in [0.3, 0.4) is 0 Å². The van der Waals surface area contributed by atoms with Gasteiger partial charge in [0.1, 0.15) is 0 Å². The molecule has 0 aliphatic heterocycles. The monoisotopic (exact) mass is 309 g/mol. The Morgan fingerprint density at radius 3 is 2.78 bits per heavy atom. The van der Waals surface area contributed by atoms with E-state index in [1.54, 1.807) is 0 Å². The Labute approximate surface area is 119 Å². The predicted octanol–water partition coefficient (Wildman–Crippen LogP) is 4.75. The molecule has 0 heterocycles. The lowest BCUT2D eigenvalue weighted by Gasteiger charge is -2.39. The van der Waals surface area contributed by atoms with Gasteiger partial charge >= 0.3 is 0 Å². The van der Waals surface area contributed by atoms with Crippen LogP contribution in [0.1, 0.15) is 45.6 Å². The Morgan fingerprint density at radius 2 is 2.11 bits per heavy atom. The summed E-state index contributed by atoms with van der Waals surface area (Å²) in [4.78, 5) is 0. The highest BCUT2D eigenvalue weighted by Crippen LogP contribution is 2.38. The quantitative estimate of drug-likeness (QED) is 0.849. The summed E-state index contributed by atoms with van der Waals surface area (Å²) in [5.41, 5.74) is 1.85. The molecule has 0 radical (unpaired) electrons. The van der Waals surface area contributed by atoms with Crippen LogP contribution < -0.4 is 5.32 Å². The molecule has 1 nitrogen and oxygen atoms in total. The van der Waals surface area contributed by atoms with E-state index in [0.717, 1.165) is 12.5 Å². The number of halogens is 1. The van der Waals surface area contributed by atoms with Crippen molar-refractivity contribution in [2.75, 3.05) is 0 Å². The van der Waals surface area contributed by atoms with Crippen LogP contribution in [0.2, 0.25) is 0 Å². The molecule has 1 aliphatic rings. The second-order valence-corrected chi connectivity index (χ2v) is 7.54. The summed E-state index contributed by atoms with van der Waals surface area (Å²) >= 11 is 3.53. The van der Waals surface area contributed by atoms with Gasteiger partial charge < -0.3 is 5.32 Å². The highest BCUT2D eigenvalue weighted by molar-refractivity contribution is 9.10. The molecule has 0 spiro atoms. The zero-order valence-electron chi connectivity index (χ0n) is 11.7. The number of rotatable bonds is 3. The average molecular weight is 310 g/mol. The normalized spacial score (nSPS) is 27.1. The van der Waals surface area contributed by atoms with Gasteiger partial charge in [-0.25, -0.2) is 0 Å². The lowest BCUT2D eigenvalue weighted by Crippen LogP contribution is -2.39. The van der Waals surface area contributed by atoms with E-state index < -0.39 is 0 Å². The van der Waals surface area contributed by atoms with Crippen molar-refractivity contribution in [3.05, 3.63) is 34.3 Å². The Hall–Kier alpha value is -0.340. The van der Waals surface area contributed by atoms with Crippen LogP contribution >= 0.6 is 15.9 Å². The van der Waals surface area contributed by atoms with Crippen LogP contribution in [0.15, 0.2) is 28.7 Å². The van der Waals surface area contributed by atoms with Crippen molar-refractivity contribution >= 4 is 15.9 Å².